The van der Waals surface area contributed by atoms with Crippen LogP contribution in [0.2, 0.25) is 0 Å². The molecular formula is C14H19NO2. The molecule has 1 amide bonds. The Labute approximate surface area is 102 Å². The van der Waals surface area contributed by atoms with Crippen molar-refractivity contribution in [2.24, 2.45) is 0 Å². The largest absolute Gasteiger partial charge is 0.386 e. The molecular weight excluding hydrogens is 214 g/mol. The number of hydrogen-bond acceptors (Lipinski definition) is 2. The summed E-state index contributed by atoms with van der Waals surface area (Å²) in [4.78, 5) is 13.9. The minimum Gasteiger partial charge on any atom is -0.386 e. The molecule has 1 N–H and O–H groups in total. The SMILES string of the molecule is CCC1(O)CN(C(=O)c2cc(C)cc(C)c2)C1. The molecule has 1 aliphatic rings. The van der Waals surface area contributed by atoms with E-state index in [1.54, 1.807) is 4.90 Å². The highest BCUT2D eigenvalue weighted by molar-refractivity contribution is 5.95. The molecule has 3 nitrogen and oxygen atoms in total. The first-order valence-corrected chi connectivity index (χ1v) is 6.03. The van der Waals surface area contributed by atoms with Crippen molar-refractivity contribution in [1.29, 1.82) is 0 Å². The van der Waals surface area contributed by atoms with Crippen LogP contribution in [0.25, 0.3) is 0 Å². The minimum atomic E-state index is -0.658. The third kappa shape index (κ3) is 2.34. The Hall–Kier alpha value is -1.35. The summed E-state index contributed by atoms with van der Waals surface area (Å²) < 4.78 is 0. The molecule has 0 radical (unpaired) electrons. The second kappa shape index (κ2) is 4.15. The van der Waals surface area contributed by atoms with Gasteiger partial charge in [0.25, 0.3) is 5.91 Å². The van der Waals surface area contributed by atoms with Gasteiger partial charge in [-0.25, -0.2) is 0 Å². The van der Waals surface area contributed by atoms with E-state index in [1.165, 1.54) is 0 Å². The van der Waals surface area contributed by atoms with Crippen molar-refractivity contribution in [1.82, 2.24) is 4.90 Å². The van der Waals surface area contributed by atoms with Crippen LogP contribution >= 0.6 is 0 Å². The number of rotatable bonds is 2. The Morgan fingerprint density at radius 2 is 1.82 bits per heavy atom. The Morgan fingerprint density at radius 3 is 2.29 bits per heavy atom. The van der Waals surface area contributed by atoms with E-state index < -0.39 is 5.60 Å². The first-order valence-electron chi connectivity index (χ1n) is 6.03. The molecule has 2 rings (SSSR count). The highest BCUT2D eigenvalue weighted by Gasteiger charge is 2.42. The van der Waals surface area contributed by atoms with E-state index in [4.69, 9.17) is 0 Å². The van der Waals surface area contributed by atoms with Crippen LogP contribution in [0.3, 0.4) is 0 Å². The quantitative estimate of drug-likeness (QED) is 0.847. The van der Waals surface area contributed by atoms with Gasteiger partial charge in [0.1, 0.15) is 0 Å². The first kappa shape index (κ1) is 12.1. The zero-order valence-electron chi connectivity index (χ0n) is 10.7. The molecule has 92 valence electrons. The first-order chi connectivity index (χ1) is 7.93. The van der Waals surface area contributed by atoms with Crippen LogP contribution in [-0.4, -0.2) is 34.6 Å². The minimum absolute atomic E-state index is 0.0231. The topological polar surface area (TPSA) is 40.5 Å². The van der Waals surface area contributed by atoms with Crippen molar-refractivity contribution < 1.29 is 9.90 Å². The molecule has 0 spiro atoms. The van der Waals surface area contributed by atoms with Gasteiger partial charge in [-0.1, -0.05) is 24.1 Å². The van der Waals surface area contributed by atoms with Gasteiger partial charge in [-0.05, 0) is 32.4 Å². The summed E-state index contributed by atoms with van der Waals surface area (Å²) in [5, 5.41) is 9.90. The van der Waals surface area contributed by atoms with Gasteiger partial charge < -0.3 is 10.0 Å². The van der Waals surface area contributed by atoms with Crippen molar-refractivity contribution >= 4 is 5.91 Å². The summed E-state index contributed by atoms with van der Waals surface area (Å²) in [6.07, 6.45) is 0.698. The fourth-order valence-electron chi connectivity index (χ4n) is 2.31. The van der Waals surface area contributed by atoms with E-state index in [2.05, 4.69) is 6.07 Å². The second-order valence-corrected chi connectivity index (χ2v) is 5.12. The van der Waals surface area contributed by atoms with E-state index in [9.17, 15) is 9.90 Å². The summed E-state index contributed by atoms with van der Waals surface area (Å²) in [5.74, 6) is 0.0231. The van der Waals surface area contributed by atoms with Gasteiger partial charge in [-0.2, -0.15) is 0 Å². The van der Waals surface area contributed by atoms with Gasteiger partial charge in [-0.3, -0.25) is 4.79 Å². The van der Waals surface area contributed by atoms with Crippen LogP contribution in [0.15, 0.2) is 18.2 Å². The number of amides is 1. The molecule has 1 aromatic carbocycles. The van der Waals surface area contributed by atoms with Gasteiger partial charge >= 0.3 is 0 Å². The van der Waals surface area contributed by atoms with Crippen molar-refractivity contribution in [3.63, 3.8) is 0 Å². The number of aliphatic hydroxyl groups is 1. The Kier molecular flexibility index (Phi) is 2.96. The number of benzene rings is 1. The van der Waals surface area contributed by atoms with Gasteiger partial charge in [-0.15, -0.1) is 0 Å². The third-order valence-corrected chi connectivity index (χ3v) is 3.38. The molecule has 1 aliphatic heterocycles. The summed E-state index contributed by atoms with van der Waals surface area (Å²) in [6, 6.07) is 5.85. The fraction of sp³-hybridized carbons (Fsp3) is 0.500. The van der Waals surface area contributed by atoms with Gasteiger partial charge in [0.15, 0.2) is 0 Å². The molecule has 1 fully saturated rings. The van der Waals surface area contributed by atoms with Gasteiger partial charge in [0, 0.05) is 5.56 Å². The number of carbonyl (C=O) groups excluding carboxylic acids is 1. The Bertz CT molecular complexity index is 427. The standard InChI is InChI=1S/C14H19NO2/c1-4-14(17)8-15(9-14)13(16)12-6-10(2)5-11(3)7-12/h5-7,17H,4,8-9H2,1-3H3. The normalized spacial score (nSPS) is 17.8. The van der Waals surface area contributed by atoms with E-state index >= 15 is 0 Å². The zero-order valence-corrected chi connectivity index (χ0v) is 10.7. The number of aryl methyl sites for hydroxylation is 2. The lowest BCUT2D eigenvalue weighted by Crippen LogP contribution is -2.63. The molecule has 0 unspecified atom stereocenters. The van der Waals surface area contributed by atoms with Crippen LogP contribution in [0, 0.1) is 13.8 Å². The second-order valence-electron chi connectivity index (χ2n) is 5.12. The summed E-state index contributed by atoms with van der Waals surface area (Å²) in [6.45, 7) is 6.83. The van der Waals surface area contributed by atoms with Crippen LogP contribution < -0.4 is 0 Å². The maximum absolute atomic E-state index is 12.1. The smallest absolute Gasteiger partial charge is 0.254 e. The zero-order chi connectivity index (χ0) is 12.6. The molecule has 0 saturated carbocycles. The number of β-amino-alcohol motifs (C(OH)–C–C–N with tert-alkyl or cyclic N) is 1. The lowest BCUT2D eigenvalue weighted by molar-refractivity contribution is -0.0826. The number of likely N-dealkylation sites (tertiary alicyclic amines) is 1. The molecule has 3 heteroatoms. The molecule has 1 heterocycles. The molecule has 17 heavy (non-hydrogen) atoms. The summed E-state index contributed by atoms with van der Waals surface area (Å²) in [7, 11) is 0. The Morgan fingerprint density at radius 1 is 1.29 bits per heavy atom. The number of carbonyl (C=O) groups is 1. The Balaban J connectivity index is 2.11. The van der Waals surface area contributed by atoms with E-state index in [-0.39, 0.29) is 5.91 Å². The van der Waals surface area contributed by atoms with Crippen LogP contribution in [0.1, 0.15) is 34.8 Å². The lowest BCUT2D eigenvalue weighted by atomic mass is 9.90. The predicted octanol–water partition coefficient (Wildman–Crippen LogP) is 1.90. The van der Waals surface area contributed by atoms with E-state index in [0.29, 0.717) is 19.5 Å². The van der Waals surface area contributed by atoms with E-state index in [0.717, 1.165) is 16.7 Å². The van der Waals surface area contributed by atoms with Crippen molar-refractivity contribution in [3.05, 3.63) is 34.9 Å². The average molecular weight is 233 g/mol. The van der Waals surface area contributed by atoms with Crippen LogP contribution in [0.5, 0.6) is 0 Å². The van der Waals surface area contributed by atoms with Crippen molar-refractivity contribution in [2.45, 2.75) is 32.8 Å². The lowest BCUT2D eigenvalue weighted by Gasteiger charge is -2.46. The fourth-order valence-corrected chi connectivity index (χ4v) is 2.31. The monoisotopic (exact) mass is 233 g/mol. The predicted molar refractivity (Wildman–Crippen MR) is 67.1 cm³/mol. The molecule has 0 bridgehead atoms. The van der Waals surface area contributed by atoms with Crippen molar-refractivity contribution in [2.75, 3.05) is 13.1 Å². The maximum Gasteiger partial charge on any atom is 0.254 e. The molecule has 0 aromatic heterocycles. The van der Waals surface area contributed by atoms with Gasteiger partial charge in [0.05, 0.1) is 18.7 Å². The number of nitrogens with zero attached hydrogens (tertiary/aromatic N) is 1. The molecule has 1 saturated heterocycles. The van der Waals surface area contributed by atoms with E-state index in [1.807, 2.05) is 32.9 Å². The van der Waals surface area contributed by atoms with Gasteiger partial charge in [0.2, 0.25) is 0 Å². The van der Waals surface area contributed by atoms with Crippen molar-refractivity contribution in [3.8, 4) is 0 Å². The molecule has 1 aromatic rings. The average Bonchev–Trinajstić information content (AvgIpc) is 2.22. The number of hydrogen-bond donors (Lipinski definition) is 1. The highest BCUT2D eigenvalue weighted by atomic mass is 16.3. The molecule has 0 aliphatic carbocycles. The summed E-state index contributed by atoms with van der Waals surface area (Å²) >= 11 is 0. The highest BCUT2D eigenvalue weighted by Crippen LogP contribution is 2.26. The summed E-state index contributed by atoms with van der Waals surface area (Å²) in [5.41, 5.74) is 2.26. The van der Waals surface area contributed by atoms with Crippen LogP contribution in [-0.2, 0) is 0 Å². The molecule has 0 atom stereocenters. The maximum atomic E-state index is 12.1. The van der Waals surface area contributed by atoms with Crippen LogP contribution in [0.4, 0.5) is 0 Å². The third-order valence-electron chi connectivity index (χ3n) is 3.38.